The fraction of sp³-hybridized carbons (Fsp3) is 0.417. The summed E-state index contributed by atoms with van der Waals surface area (Å²) in [6, 6.07) is 3.71. The molecule has 0 aliphatic heterocycles. The van der Waals surface area contributed by atoms with Crippen LogP contribution in [0.4, 0.5) is 18.9 Å². The van der Waals surface area contributed by atoms with Crippen LogP contribution in [-0.4, -0.2) is 17.6 Å². The predicted octanol–water partition coefficient (Wildman–Crippen LogP) is 3.99. The van der Waals surface area contributed by atoms with Gasteiger partial charge in [0.25, 0.3) is 0 Å². The molecule has 106 valence electrons. The lowest BCUT2D eigenvalue weighted by atomic mass is 10.1. The van der Waals surface area contributed by atoms with Crippen molar-refractivity contribution in [1.29, 1.82) is 0 Å². The first-order valence-electron chi connectivity index (χ1n) is 5.59. The van der Waals surface area contributed by atoms with Crippen molar-refractivity contribution in [3.8, 4) is 0 Å². The Morgan fingerprint density at radius 1 is 1.47 bits per heavy atom. The number of aliphatic carboxylic acids is 1. The van der Waals surface area contributed by atoms with Crippen molar-refractivity contribution in [2.75, 3.05) is 11.9 Å². The number of hydrogen-bond acceptors (Lipinski definition) is 2. The maximum Gasteiger partial charge on any atom is 0.418 e. The Hall–Kier alpha value is -1.24. The summed E-state index contributed by atoms with van der Waals surface area (Å²) in [5.41, 5.74) is -0.933. The van der Waals surface area contributed by atoms with Crippen LogP contribution in [-0.2, 0) is 11.0 Å². The number of nitrogens with one attached hydrogen (secondary N) is 1. The van der Waals surface area contributed by atoms with Crippen molar-refractivity contribution in [2.24, 2.45) is 5.92 Å². The molecule has 1 rings (SSSR count). The van der Waals surface area contributed by atoms with E-state index in [1.165, 1.54) is 12.1 Å². The van der Waals surface area contributed by atoms with Gasteiger partial charge in [-0.05, 0) is 24.6 Å². The fourth-order valence-electron chi connectivity index (χ4n) is 1.54. The molecule has 1 atom stereocenters. The Balaban J connectivity index is 2.92. The lowest BCUT2D eigenvalue weighted by Gasteiger charge is -2.17. The van der Waals surface area contributed by atoms with Crippen LogP contribution >= 0.6 is 15.9 Å². The van der Waals surface area contributed by atoms with Gasteiger partial charge in [-0.3, -0.25) is 4.79 Å². The molecule has 0 amide bonds. The summed E-state index contributed by atoms with van der Waals surface area (Å²) >= 11 is 2.98. The second kappa shape index (κ2) is 6.27. The van der Waals surface area contributed by atoms with E-state index in [1.54, 1.807) is 6.92 Å². The van der Waals surface area contributed by atoms with Gasteiger partial charge in [-0.1, -0.05) is 22.9 Å². The van der Waals surface area contributed by atoms with E-state index in [4.69, 9.17) is 5.11 Å². The quantitative estimate of drug-likeness (QED) is 0.852. The van der Waals surface area contributed by atoms with Crippen molar-refractivity contribution in [1.82, 2.24) is 0 Å². The zero-order valence-corrected chi connectivity index (χ0v) is 11.7. The molecule has 2 N–H and O–H groups in total. The molecule has 0 aromatic heterocycles. The molecule has 3 nitrogen and oxygen atoms in total. The lowest BCUT2D eigenvalue weighted by Crippen LogP contribution is -2.23. The molecular weight excluding hydrogens is 327 g/mol. The SMILES string of the molecule is CCC(CNc1ccc(Br)cc1C(F)(F)F)C(=O)O. The third-order valence-electron chi connectivity index (χ3n) is 2.67. The van der Waals surface area contributed by atoms with E-state index in [1.807, 2.05) is 0 Å². The van der Waals surface area contributed by atoms with E-state index >= 15 is 0 Å². The van der Waals surface area contributed by atoms with E-state index in [-0.39, 0.29) is 12.2 Å². The molecular formula is C12H13BrF3NO2. The van der Waals surface area contributed by atoms with Gasteiger partial charge in [-0.2, -0.15) is 13.2 Å². The number of carboxylic acids is 1. The Kier molecular flexibility index (Phi) is 5.22. The molecule has 0 aliphatic carbocycles. The number of carbonyl (C=O) groups is 1. The van der Waals surface area contributed by atoms with Gasteiger partial charge in [0.15, 0.2) is 0 Å². The van der Waals surface area contributed by atoms with E-state index in [9.17, 15) is 18.0 Å². The minimum absolute atomic E-state index is 0.0451. The minimum atomic E-state index is -4.49. The summed E-state index contributed by atoms with van der Waals surface area (Å²) in [4.78, 5) is 10.8. The number of hydrogen-bond donors (Lipinski definition) is 2. The molecule has 0 radical (unpaired) electrons. The number of rotatable bonds is 5. The predicted molar refractivity (Wildman–Crippen MR) is 69.1 cm³/mol. The number of carboxylic acid groups (broad SMARTS) is 1. The van der Waals surface area contributed by atoms with Crippen molar-refractivity contribution < 1.29 is 23.1 Å². The Morgan fingerprint density at radius 2 is 2.11 bits per heavy atom. The summed E-state index contributed by atoms with van der Waals surface area (Å²) in [6.07, 6.45) is -4.14. The normalized spacial score (nSPS) is 13.1. The highest BCUT2D eigenvalue weighted by Gasteiger charge is 2.33. The van der Waals surface area contributed by atoms with Crippen LogP contribution < -0.4 is 5.32 Å². The maximum atomic E-state index is 12.8. The second-order valence-electron chi connectivity index (χ2n) is 4.01. The molecule has 19 heavy (non-hydrogen) atoms. The number of alkyl halides is 3. The molecule has 7 heteroatoms. The summed E-state index contributed by atoms with van der Waals surface area (Å²) in [6.45, 7) is 1.63. The molecule has 1 aromatic carbocycles. The molecule has 1 aromatic rings. The molecule has 0 aliphatic rings. The molecule has 0 spiro atoms. The van der Waals surface area contributed by atoms with Gasteiger partial charge in [0, 0.05) is 16.7 Å². The average Bonchev–Trinajstić information content (AvgIpc) is 2.29. The zero-order valence-electron chi connectivity index (χ0n) is 10.1. The van der Waals surface area contributed by atoms with E-state index in [0.717, 1.165) is 6.07 Å². The van der Waals surface area contributed by atoms with Crippen LogP contribution in [0, 0.1) is 5.92 Å². The monoisotopic (exact) mass is 339 g/mol. The van der Waals surface area contributed by atoms with Gasteiger partial charge in [0.1, 0.15) is 0 Å². The Morgan fingerprint density at radius 3 is 2.58 bits per heavy atom. The van der Waals surface area contributed by atoms with Crippen molar-refractivity contribution >= 4 is 27.6 Å². The summed E-state index contributed by atoms with van der Waals surface area (Å²) in [5.74, 6) is -1.74. The number of anilines is 1. The van der Waals surface area contributed by atoms with Crippen molar-refractivity contribution in [3.63, 3.8) is 0 Å². The average molecular weight is 340 g/mol. The van der Waals surface area contributed by atoms with Crippen LogP contribution in [0.5, 0.6) is 0 Å². The largest absolute Gasteiger partial charge is 0.481 e. The number of halogens is 4. The first-order valence-corrected chi connectivity index (χ1v) is 6.38. The summed E-state index contributed by atoms with van der Waals surface area (Å²) < 4.78 is 38.8. The highest BCUT2D eigenvalue weighted by atomic mass is 79.9. The third-order valence-corrected chi connectivity index (χ3v) is 3.16. The van der Waals surface area contributed by atoms with Gasteiger partial charge in [0.05, 0.1) is 11.5 Å². The van der Waals surface area contributed by atoms with Crippen LogP contribution in [0.1, 0.15) is 18.9 Å². The fourth-order valence-corrected chi connectivity index (χ4v) is 1.91. The first-order chi connectivity index (χ1) is 8.75. The number of benzene rings is 1. The summed E-state index contributed by atoms with van der Waals surface area (Å²) in [5, 5.41) is 11.4. The van der Waals surface area contributed by atoms with E-state index in [2.05, 4.69) is 21.2 Å². The maximum absolute atomic E-state index is 12.8. The molecule has 0 bridgehead atoms. The van der Waals surface area contributed by atoms with Gasteiger partial charge < -0.3 is 10.4 Å². The van der Waals surface area contributed by atoms with Crippen LogP contribution in [0.25, 0.3) is 0 Å². The van der Waals surface area contributed by atoms with Crippen LogP contribution in [0.2, 0.25) is 0 Å². The second-order valence-corrected chi connectivity index (χ2v) is 4.93. The lowest BCUT2D eigenvalue weighted by molar-refractivity contribution is -0.141. The molecule has 1 unspecified atom stereocenters. The topological polar surface area (TPSA) is 49.3 Å². The molecule has 0 fully saturated rings. The van der Waals surface area contributed by atoms with Gasteiger partial charge >= 0.3 is 12.1 Å². The summed E-state index contributed by atoms with van der Waals surface area (Å²) in [7, 11) is 0. The smallest absolute Gasteiger partial charge is 0.418 e. The van der Waals surface area contributed by atoms with Crippen LogP contribution in [0.15, 0.2) is 22.7 Å². The minimum Gasteiger partial charge on any atom is -0.481 e. The van der Waals surface area contributed by atoms with Gasteiger partial charge in [-0.25, -0.2) is 0 Å². The first kappa shape index (κ1) is 15.8. The highest BCUT2D eigenvalue weighted by Crippen LogP contribution is 2.36. The van der Waals surface area contributed by atoms with E-state index < -0.39 is 23.6 Å². The standard InChI is InChI=1S/C12H13BrF3NO2/c1-2-7(11(18)19)6-17-10-4-3-8(13)5-9(10)12(14,15)16/h3-5,7,17H,2,6H2,1H3,(H,18,19). The Bertz CT molecular complexity index is 463. The van der Waals surface area contributed by atoms with Crippen LogP contribution in [0.3, 0.4) is 0 Å². The van der Waals surface area contributed by atoms with E-state index in [0.29, 0.717) is 10.9 Å². The van der Waals surface area contributed by atoms with Crippen molar-refractivity contribution in [3.05, 3.63) is 28.2 Å². The highest BCUT2D eigenvalue weighted by molar-refractivity contribution is 9.10. The molecule has 0 saturated heterocycles. The van der Waals surface area contributed by atoms with Gasteiger partial charge in [0.2, 0.25) is 0 Å². The molecule has 0 heterocycles. The third kappa shape index (κ3) is 4.41. The molecule has 0 saturated carbocycles. The van der Waals surface area contributed by atoms with Gasteiger partial charge in [-0.15, -0.1) is 0 Å². The Labute approximate surface area is 116 Å². The zero-order chi connectivity index (χ0) is 14.6. The van der Waals surface area contributed by atoms with Crippen molar-refractivity contribution in [2.45, 2.75) is 19.5 Å².